The van der Waals surface area contributed by atoms with Crippen LogP contribution in [0.3, 0.4) is 0 Å². The lowest BCUT2D eigenvalue weighted by Gasteiger charge is -2.10. The minimum atomic E-state index is -3.58. The van der Waals surface area contributed by atoms with Crippen LogP contribution in [-0.4, -0.2) is 26.0 Å². The van der Waals surface area contributed by atoms with E-state index in [9.17, 15) is 13.2 Å². The second kappa shape index (κ2) is 9.42. The molecule has 0 aliphatic rings. The minimum Gasteiger partial charge on any atom is -0.332 e. The zero-order chi connectivity index (χ0) is 19.0. The summed E-state index contributed by atoms with van der Waals surface area (Å²) in [7, 11) is -3.58. The summed E-state index contributed by atoms with van der Waals surface area (Å²) in [5.41, 5.74) is 1.66. The van der Waals surface area contributed by atoms with Crippen LogP contribution in [0.15, 0.2) is 59.5 Å². The van der Waals surface area contributed by atoms with Crippen LogP contribution < -0.4 is 15.4 Å². The van der Waals surface area contributed by atoms with Crippen molar-refractivity contribution in [1.82, 2.24) is 10.0 Å². The lowest BCUT2D eigenvalue weighted by Crippen LogP contribution is -2.33. The molecule has 0 saturated heterocycles. The number of benzene rings is 2. The first-order valence-corrected chi connectivity index (χ1v) is 10.0. The standard InChI is InChI=1S/C18H21N3O3S2/c1-2-17(22)21-18(25)20-15-8-10-16(11-9-15)26(23,24)19-13-12-14-6-4-3-5-7-14/h3-11,19H,2,12-13H2,1H3,(H2,20,21,22,25). The van der Waals surface area contributed by atoms with Crippen molar-refractivity contribution in [2.75, 3.05) is 11.9 Å². The fourth-order valence-corrected chi connectivity index (χ4v) is 3.42. The number of amides is 1. The average molecular weight is 392 g/mol. The van der Waals surface area contributed by atoms with E-state index in [1.54, 1.807) is 19.1 Å². The first-order chi connectivity index (χ1) is 12.4. The molecule has 0 saturated carbocycles. The maximum absolute atomic E-state index is 12.3. The maximum Gasteiger partial charge on any atom is 0.240 e. The van der Waals surface area contributed by atoms with E-state index in [-0.39, 0.29) is 15.9 Å². The molecule has 2 rings (SSSR count). The molecule has 138 valence electrons. The maximum atomic E-state index is 12.3. The summed E-state index contributed by atoms with van der Waals surface area (Å²) in [6.45, 7) is 2.04. The van der Waals surface area contributed by atoms with Gasteiger partial charge in [-0.25, -0.2) is 13.1 Å². The average Bonchev–Trinajstić information content (AvgIpc) is 2.62. The Morgan fingerprint density at radius 1 is 1.04 bits per heavy atom. The van der Waals surface area contributed by atoms with Crippen LogP contribution in [0.25, 0.3) is 0 Å². The fraction of sp³-hybridized carbons (Fsp3) is 0.222. The van der Waals surface area contributed by atoms with Crippen molar-refractivity contribution in [3.8, 4) is 0 Å². The largest absolute Gasteiger partial charge is 0.332 e. The molecule has 0 aliphatic carbocycles. The van der Waals surface area contributed by atoms with Gasteiger partial charge in [0.25, 0.3) is 0 Å². The Hall–Kier alpha value is -2.29. The quantitative estimate of drug-likeness (QED) is 0.631. The van der Waals surface area contributed by atoms with Crippen molar-refractivity contribution in [2.24, 2.45) is 0 Å². The van der Waals surface area contributed by atoms with Crippen LogP contribution >= 0.6 is 12.2 Å². The molecule has 3 N–H and O–H groups in total. The van der Waals surface area contributed by atoms with Gasteiger partial charge in [-0.3, -0.25) is 4.79 Å². The number of sulfonamides is 1. The highest BCUT2D eigenvalue weighted by molar-refractivity contribution is 7.89. The number of anilines is 1. The molecule has 6 nitrogen and oxygen atoms in total. The molecule has 0 spiro atoms. The van der Waals surface area contributed by atoms with Gasteiger partial charge in [0.05, 0.1) is 4.90 Å². The van der Waals surface area contributed by atoms with E-state index in [1.807, 2.05) is 30.3 Å². The molecule has 0 radical (unpaired) electrons. The van der Waals surface area contributed by atoms with Gasteiger partial charge in [-0.15, -0.1) is 0 Å². The number of hydrogen-bond donors (Lipinski definition) is 3. The Morgan fingerprint density at radius 2 is 1.69 bits per heavy atom. The first kappa shape index (κ1) is 20.0. The van der Waals surface area contributed by atoms with Gasteiger partial charge in [-0.05, 0) is 48.5 Å². The summed E-state index contributed by atoms with van der Waals surface area (Å²) in [5.74, 6) is -0.190. The smallest absolute Gasteiger partial charge is 0.240 e. The Morgan fingerprint density at radius 3 is 2.31 bits per heavy atom. The molecule has 26 heavy (non-hydrogen) atoms. The molecule has 0 heterocycles. The highest BCUT2D eigenvalue weighted by Gasteiger charge is 2.13. The predicted octanol–water partition coefficient (Wildman–Crippen LogP) is 2.43. The van der Waals surface area contributed by atoms with Crippen LogP contribution in [0.2, 0.25) is 0 Å². The summed E-state index contributed by atoms with van der Waals surface area (Å²) in [6, 6.07) is 15.8. The molecule has 0 aromatic heterocycles. The second-order valence-corrected chi connectivity index (χ2v) is 7.69. The Kier molecular flexibility index (Phi) is 7.26. The van der Waals surface area contributed by atoms with Gasteiger partial charge in [0, 0.05) is 18.7 Å². The number of thiocarbonyl (C=S) groups is 1. The van der Waals surface area contributed by atoms with Crippen LogP contribution in [0.4, 0.5) is 5.69 Å². The highest BCUT2D eigenvalue weighted by atomic mass is 32.2. The van der Waals surface area contributed by atoms with Crippen molar-refractivity contribution >= 4 is 38.9 Å². The monoisotopic (exact) mass is 391 g/mol. The summed E-state index contributed by atoms with van der Waals surface area (Å²) in [5, 5.41) is 5.53. The Balaban J connectivity index is 1.91. The molecular weight excluding hydrogens is 370 g/mol. The normalized spacial score (nSPS) is 11.0. The molecule has 0 atom stereocenters. The van der Waals surface area contributed by atoms with Crippen molar-refractivity contribution in [1.29, 1.82) is 0 Å². The number of carbonyl (C=O) groups is 1. The third-order valence-electron chi connectivity index (χ3n) is 3.55. The van der Waals surface area contributed by atoms with E-state index in [2.05, 4.69) is 15.4 Å². The van der Waals surface area contributed by atoms with Crippen LogP contribution in [0.5, 0.6) is 0 Å². The zero-order valence-electron chi connectivity index (χ0n) is 14.4. The molecule has 0 bridgehead atoms. The molecule has 2 aromatic rings. The summed E-state index contributed by atoms with van der Waals surface area (Å²) in [6.07, 6.45) is 0.943. The molecule has 0 aliphatic heterocycles. The number of carbonyl (C=O) groups excluding carboxylic acids is 1. The lowest BCUT2D eigenvalue weighted by atomic mass is 10.2. The summed E-state index contributed by atoms with van der Waals surface area (Å²) < 4.78 is 27.2. The summed E-state index contributed by atoms with van der Waals surface area (Å²) in [4.78, 5) is 11.4. The number of rotatable bonds is 7. The third kappa shape index (κ3) is 6.21. The zero-order valence-corrected chi connectivity index (χ0v) is 16.0. The van der Waals surface area contributed by atoms with Crippen molar-refractivity contribution in [3.05, 3.63) is 60.2 Å². The number of nitrogens with one attached hydrogen (secondary N) is 3. The van der Waals surface area contributed by atoms with E-state index < -0.39 is 10.0 Å². The van der Waals surface area contributed by atoms with E-state index >= 15 is 0 Å². The van der Waals surface area contributed by atoms with E-state index in [1.165, 1.54) is 12.1 Å². The van der Waals surface area contributed by atoms with Gasteiger partial charge in [0.15, 0.2) is 5.11 Å². The van der Waals surface area contributed by atoms with Gasteiger partial charge in [0.1, 0.15) is 0 Å². The van der Waals surface area contributed by atoms with Crippen molar-refractivity contribution in [3.63, 3.8) is 0 Å². The Bertz CT molecular complexity index is 851. The van der Waals surface area contributed by atoms with E-state index in [0.29, 0.717) is 25.1 Å². The SMILES string of the molecule is CCC(=O)NC(=S)Nc1ccc(S(=O)(=O)NCCc2ccccc2)cc1. The van der Waals surface area contributed by atoms with Gasteiger partial charge in [-0.2, -0.15) is 0 Å². The topological polar surface area (TPSA) is 87.3 Å². The van der Waals surface area contributed by atoms with Gasteiger partial charge in [0.2, 0.25) is 15.9 Å². The molecular formula is C18H21N3O3S2. The molecule has 1 amide bonds. The van der Waals surface area contributed by atoms with Crippen molar-refractivity contribution < 1.29 is 13.2 Å². The van der Waals surface area contributed by atoms with Gasteiger partial charge >= 0.3 is 0 Å². The minimum absolute atomic E-state index is 0.166. The van der Waals surface area contributed by atoms with Crippen molar-refractivity contribution in [2.45, 2.75) is 24.7 Å². The van der Waals surface area contributed by atoms with Gasteiger partial charge in [-0.1, -0.05) is 37.3 Å². The molecule has 0 fully saturated rings. The summed E-state index contributed by atoms with van der Waals surface area (Å²) >= 11 is 5.01. The second-order valence-electron chi connectivity index (χ2n) is 5.51. The molecule has 2 aromatic carbocycles. The first-order valence-electron chi connectivity index (χ1n) is 8.15. The van der Waals surface area contributed by atoms with Gasteiger partial charge < -0.3 is 10.6 Å². The van der Waals surface area contributed by atoms with E-state index in [4.69, 9.17) is 12.2 Å². The molecule has 0 unspecified atom stereocenters. The molecule has 8 heteroatoms. The van der Waals surface area contributed by atoms with Crippen LogP contribution in [0, 0.1) is 0 Å². The number of hydrogen-bond acceptors (Lipinski definition) is 4. The van der Waals surface area contributed by atoms with Crippen LogP contribution in [-0.2, 0) is 21.2 Å². The third-order valence-corrected chi connectivity index (χ3v) is 5.23. The van der Waals surface area contributed by atoms with E-state index in [0.717, 1.165) is 5.56 Å². The lowest BCUT2D eigenvalue weighted by molar-refractivity contribution is -0.119. The Labute approximate surface area is 159 Å². The fourth-order valence-electron chi connectivity index (χ4n) is 2.15. The predicted molar refractivity (Wildman–Crippen MR) is 106 cm³/mol. The van der Waals surface area contributed by atoms with Crippen LogP contribution in [0.1, 0.15) is 18.9 Å². The highest BCUT2D eigenvalue weighted by Crippen LogP contribution is 2.14.